The fraction of sp³-hybridized carbons (Fsp3) is 0.263. The monoisotopic (exact) mass is 305 g/mol. The van der Waals surface area contributed by atoms with Crippen LogP contribution in [0.1, 0.15) is 35.2 Å². The van der Waals surface area contributed by atoms with Gasteiger partial charge in [-0.15, -0.1) is 0 Å². The third-order valence-corrected chi connectivity index (χ3v) is 4.50. The van der Waals surface area contributed by atoms with Crippen LogP contribution in [-0.2, 0) is 12.8 Å². The Bertz CT molecular complexity index is 881. The molecule has 0 saturated carbocycles. The van der Waals surface area contributed by atoms with Crippen molar-refractivity contribution in [2.75, 3.05) is 11.4 Å². The summed E-state index contributed by atoms with van der Waals surface area (Å²) in [6, 6.07) is 14.1. The molecule has 116 valence electrons. The van der Waals surface area contributed by atoms with Gasteiger partial charge in [-0.2, -0.15) is 0 Å². The van der Waals surface area contributed by atoms with Gasteiger partial charge in [0.1, 0.15) is 5.82 Å². The molecular weight excluding hydrogens is 286 g/mol. The van der Waals surface area contributed by atoms with E-state index < -0.39 is 0 Å². The highest BCUT2D eigenvalue weighted by molar-refractivity contribution is 6.09. The molecule has 0 aliphatic carbocycles. The highest BCUT2D eigenvalue weighted by Crippen LogP contribution is 2.28. The summed E-state index contributed by atoms with van der Waals surface area (Å²) in [4.78, 5) is 19.7. The quantitative estimate of drug-likeness (QED) is 0.727. The first-order valence-electron chi connectivity index (χ1n) is 8.15. The summed E-state index contributed by atoms with van der Waals surface area (Å²) in [5, 5.41) is 0. The van der Waals surface area contributed by atoms with Crippen molar-refractivity contribution in [3.05, 3.63) is 65.7 Å². The molecule has 1 aromatic carbocycles. The lowest BCUT2D eigenvalue weighted by molar-refractivity contribution is 0.0982. The fourth-order valence-corrected chi connectivity index (χ4v) is 3.38. The number of aromatic nitrogens is 2. The molecule has 0 radical (unpaired) electrons. The zero-order valence-corrected chi connectivity index (χ0v) is 13.2. The molecule has 3 heterocycles. The molecule has 1 amide bonds. The molecule has 0 fully saturated rings. The van der Waals surface area contributed by atoms with Crippen LogP contribution < -0.4 is 4.90 Å². The van der Waals surface area contributed by atoms with Gasteiger partial charge in [0.25, 0.3) is 5.91 Å². The van der Waals surface area contributed by atoms with E-state index in [1.165, 1.54) is 5.56 Å². The number of fused-ring (bicyclic) bond motifs is 2. The van der Waals surface area contributed by atoms with Crippen molar-refractivity contribution in [1.29, 1.82) is 0 Å². The second kappa shape index (κ2) is 5.54. The van der Waals surface area contributed by atoms with E-state index in [0.29, 0.717) is 5.69 Å². The van der Waals surface area contributed by atoms with Crippen LogP contribution >= 0.6 is 0 Å². The molecule has 1 aliphatic rings. The summed E-state index contributed by atoms with van der Waals surface area (Å²) in [7, 11) is 0. The Labute approximate surface area is 135 Å². The Morgan fingerprint density at radius 3 is 2.87 bits per heavy atom. The summed E-state index contributed by atoms with van der Waals surface area (Å²) in [6.45, 7) is 2.81. The minimum Gasteiger partial charge on any atom is -0.307 e. The van der Waals surface area contributed by atoms with E-state index >= 15 is 0 Å². The third kappa shape index (κ3) is 2.22. The van der Waals surface area contributed by atoms with Crippen LogP contribution in [0.3, 0.4) is 0 Å². The number of hydrogen-bond acceptors (Lipinski definition) is 2. The maximum absolute atomic E-state index is 13.2. The smallest absolute Gasteiger partial charge is 0.279 e. The molecule has 0 bridgehead atoms. The number of pyridine rings is 1. The number of carbonyl (C=O) groups excluding carboxylic acids is 1. The average Bonchev–Trinajstić information content (AvgIpc) is 2.99. The number of amides is 1. The van der Waals surface area contributed by atoms with E-state index in [9.17, 15) is 4.79 Å². The Hall–Kier alpha value is -2.62. The van der Waals surface area contributed by atoms with E-state index in [0.717, 1.165) is 42.8 Å². The topological polar surface area (TPSA) is 37.6 Å². The van der Waals surface area contributed by atoms with Crippen LogP contribution in [-0.4, -0.2) is 21.8 Å². The lowest BCUT2D eigenvalue weighted by Gasteiger charge is -2.28. The van der Waals surface area contributed by atoms with Gasteiger partial charge in [-0.25, -0.2) is 4.98 Å². The van der Waals surface area contributed by atoms with Gasteiger partial charge in [0.05, 0.1) is 5.52 Å². The maximum atomic E-state index is 13.2. The van der Waals surface area contributed by atoms with Gasteiger partial charge < -0.3 is 9.30 Å². The Kier molecular flexibility index (Phi) is 3.37. The third-order valence-electron chi connectivity index (χ3n) is 4.50. The highest BCUT2D eigenvalue weighted by atomic mass is 16.2. The summed E-state index contributed by atoms with van der Waals surface area (Å²) >= 11 is 0. The fourth-order valence-electron chi connectivity index (χ4n) is 3.38. The molecule has 3 aromatic rings. The molecule has 4 nitrogen and oxygen atoms in total. The van der Waals surface area contributed by atoms with E-state index in [1.807, 2.05) is 51.9 Å². The first-order chi connectivity index (χ1) is 11.3. The SMILES string of the molecule is CCc1nc(C(=O)N2CCCc3ccccc32)c2ccccn12. The summed E-state index contributed by atoms with van der Waals surface area (Å²) in [6.07, 6.45) is 4.80. The first-order valence-corrected chi connectivity index (χ1v) is 8.15. The number of imidazole rings is 1. The van der Waals surface area contributed by atoms with Gasteiger partial charge in [0.15, 0.2) is 5.69 Å². The van der Waals surface area contributed by atoms with Crippen molar-refractivity contribution in [2.45, 2.75) is 26.2 Å². The molecule has 0 unspecified atom stereocenters. The van der Waals surface area contributed by atoms with E-state index in [2.05, 4.69) is 18.0 Å². The molecule has 0 atom stereocenters. The maximum Gasteiger partial charge on any atom is 0.279 e. The number of benzene rings is 1. The Morgan fingerprint density at radius 1 is 1.17 bits per heavy atom. The molecular formula is C19H19N3O. The minimum absolute atomic E-state index is 0.000509. The van der Waals surface area contributed by atoms with Crippen LogP contribution in [0.15, 0.2) is 48.7 Å². The number of hydrogen-bond donors (Lipinski definition) is 0. The number of anilines is 1. The van der Waals surface area contributed by atoms with E-state index in [-0.39, 0.29) is 5.91 Å². The van der Waals surface area contributed by atoms with E-state index in [1.54, 1.807) is 0 Å². The average molecular weight is 305 g/mol. The van der Waals surface area contributed by atoms with Gasteiger partial charge in [-0.1, -0.05) is 31.2 Å². The van der Waals surface area contributed by atoms with Gasteiger partial charge in [0.2, 0.25) is 0 Å². The van der Waals surface area contributed by atoms with Crippen molar-refractivity contribution >= 4 is 17.1 Å². The summed E-state index contributed by atoms with van der Waals surface area (Å²) in [5.74, 6) is 0.926. The number of para-hydroxylation sites is 1. The van der Waals surface area contributed by atoms with Crippen LogP contribution in [0.2, 0.25) is 0 Å². The zero-order valence-electron chi connectivity index (χ0n) is 13.2. The predicted molar refractivity (Wildman–Crippen MR) is 91.0 cm³/mol. The van der Waals surface area contributed by atoms with Crippen LogP contribution in [0, 0.1) is 0 Å². The van der Waals surface area contributed by atoms with Crippen LogP contribution in [0.25, 0.3) is 5.52 Å². The second-order valence-electron chi connectivity index (χ2n) is 5.88. The molecule has 4 heteroatoms. The van der Waals surface area contributed by atoms with Crippen LogP contribution in [0.4, 0.5) is 5.69 Å². The first kappa shape index (κ1) is 14.0. The minimum atomic E-state index is 0.000509. The van der Waals surface area contributed by atoms with Crippen molar-refractivity contribution < 1.29 is 4.79 Å². The summed E-state index contributed by atoms with van der Waals surface area (Å²) in [5.41, 5.74) is 3.71. The van der Waals surface area contributed by atoms with Crippen molar-refractivity contribution in [3.63, 3.8) is 0 Å². The molecule has 0 spiro atoms. The molecule has 23 heavy (non-hydrogen) atoms. The van der Waals surface area contributed by atoms with Crippen molar-refractivity contribution in [3.8, 4) is 0 Å². The molecule has 2 aromatic heterocycles. The van der Waals surface area contributed by atoms with Gasteiger partial charge >= 0.3 is 0 Å². The standard InChI is InChI=1S/C19H19N3O/c1-2-17-20-18(16-11-5-6-12-21(16)17)19(23)22-13-7-9-14-8-3-4-10-15(14)22/h3-6,8,10-12H,2,7,9,13H2,1H3. The molecule has 1 aliphatic heterocycles. The lowest BCUT2D eigenvalue weighted by Crippen LogP contribution is -2.35. The highest BCUT2D eigenvalue weighted by Gasteiger charge is 2.26. The molecule has 4 rings (SSSR count). The van der Waals surface area contributed by atoms with Crippen molar-refractivity contribution in [2.24, 2.45) is 0 Å². The molecule has 0 N–H and O–H groups in total. The molecule has 0 saturated heterocycles. The van der Waals surface area contributed by atoms with Gasteiger partial charge in [-0.05, 0) is 36.6 Å². The van der Waals surface area contributed by atoms with E-state index in [4.69, 9.17) is 0 Å². The second-order valence-corrected chi connectivity index (χ2v) is 5.88. The number of nitrogens with zero attached hydrogens (tertiary/aromatic N) is 3. The van der Waals surface area contributed by atoms with Crippen LogP contribution in [0.5, 0.6) is 0 Å². The number of carbonyl (C=O) groups is 1. The zero-order chi connectivity index (χ0) is 15.8. The largest absolute Gasteiger partial charge is 0.307 e. The number of aryl methyl sites for hydroxylation is 2. The number of rotatable bonds is 2. The Balaban J connectivity index is 1.82. The predicted octanol–water partition coefficient (Wildman–Crippen LogP) is 3.49. The summed E-state index contributed by atoms with van der Waals surface area (Å²) < 4.78 is 2.02. The van der Waals surface area contributed by atoms with Crippen molar-refractivity contribution in [1.82, 2.24) is 9.38 Å². The van der Waals surface area contributed by atoms with Gasteiger partial charge in [0, 0.05) is 24.8 Å². The Morgan fingerprint density at radius 2 is 2.00 bits per heavy atom. The normalized spacial score (nSPS) is 14.0. The lowest BCUT2D eigenvalue weighted by atomic mass is 10.0. The van der Waals surface area contributed by atoms with Gasteiger partial charge in [-0.3, -0.25) is 4.79 Å².